The minimum Gasteiger partial charge on any atom is -0.456 e. The van der Waals surface area contributed by atoms with Crippen molar-refractivity contribution in [1.29, 1.82) is 0 Å². The Labute approximate surface area is 247 Å². The number of para-hydroxylation sites is 1. The summed E-state index contributed by atoms with van der Waals surface area (Å²) >= 11 is 0. The van der Waals surface area contributed by atoms with Crippen molar-refractivity contribution in [3.05, 3.63) is 146 Å². The van der Waals surface area contributed by atoms with Crippen molar-refractivity contribution in [2.24, 2.45) is 0 Å². The second-order valence-electron chi connectivity index (χ2n) is 10.8. The van der Waals surface area contributed by atoms with Crippen molar-refractivity contribution < 1.29 is 8.83 Å². The lowest BCUT2D eigenvalue weighted by Crippen LogP contribution is -2.09. The van der Waals surface area contributed by atoms with Gasteiger partial charge in [-0.15, -0.1) is 0 Å². The molecule has 0 saturated heterocycles. The highest BCUT2D eigenvalue weighted by Gasteiger charge is 2.18. The minimum absolute atomic E-state index is 0.799. The van der Waals surface area contributed by atoms with Gasteiger partial charge < -0.3 is 13.7 Å². The molecule has 3 heterocycles. The summed E-state index contributed by atoms with van der Waals surface area (Å²) in [6.45, 7) is 0. The number of pyridine rings is 1. The van der Waals surface area contributed by atoms with Crippen LogP contribution in [0.5, 0.6) is 0 Å². The molecule has 0 radical (unpaired) electrons. The second-order valence-corrected chi connectivity index (χ2v) is 10.8. The predicted molar refractivity (Wildman–Crippen MR) is 176 cm³/mol. The van der Waals surface area contributed by atoms with Gasteiger partial charge in [-0.05, 0) is 83.2 Å². The number of fused-ring (bicyclic) bond motifs is 8. The van der Waals surface area contributed by atoms with E-state index in [0.717, 1.165) is 71.8 Å². The summed E-state index contributed by atoms with van der Waals surface area (Å²) in [5.41, 5.74) is 9.80. The standard InChI is InChI=1S/C39H24N2O2/c1-2-7-25(8-3-1)26-12-15-28(16-13-26)41(30-18-21-33-32-9-4-5-10-35(32)42-37(33)24-30)29-17-20-31-27(23-29)14-19-34-38-36(43-39(31)34)11-6-22-40-38/h1-24H. The van der Waals surface area contributed by atoms with E-state index in [9.17, 15) is 0 Å². The molecule has 202 valence electrons. The summed E-state index contributed by atoms with van der Waals surface area (Å²) in [5.74, 6) is 0. The Morgan fingerprint density at radius 3 is 2.00 bits per heavy atom. The summed E-state index contributed by atoms with van der Waals surface area (Å²) in [7, 11) is 0. The SMILES string of the molecule is c1ccc(-c2ccc(N(c3ccc4c(ccc5c6ncccc6oc45)c3)c3ccc4c(c3)oc3ccccc34)cc2)cc1. The fourth-order valence-corrected chi connectivity index (χ4v) is 6.24. The first-order valence-corrected chi connectivity index (χ1v) is 14.4. The predicted octanol–water partition coefficient (Wildman–Crippen LogP) is 11.2. The monoisotopic (exact) mass is 552 g/mol. The van der Waals surface area contributed by atoms with Gasteiger partial charge in [0.25, 0.3) is 0 Å². The fourth-order valence-electron chi connectivity index (χ4n) is 6.24. The molecule has 4 heteroatoms. The van der Waals surface area contributed by atoms with Crippen LogP contribution in [-0.2, 0) is 0 Å². The first-order valence-electron chi connectivity index (χ1n) is 14.4. The molecule has 0 aliphatic heterocycles. The molecular weight excluding hydrogens is 528 g/mol. The van der Waals surface area contributed by atoms with Gasteiger partial charge in [-0.2, -0.15) is 0 Å². The third-order valence-corrected chi connectivity index (χ3v) is 8.30. The number of rotatable bonds is 4. The zero-order chi connectivity index (χ0) is 28.3. The fraction of sp³-hybridized carbons (Fsp3) is 0. The minimum atomic E-state index is 0.799. The molecule has 0 N–H and O–H groups in total. The molecule has 0 unspecified atom stereocenters. The Kier molecular flexibility index (Phi) is 5.16. The number of aromatic nitrogens is 1. The van der Waals surface area contributed by atoms with Crippen LogP contribution in [0.4, 0.5) is 17.1 Å². The third kappa shape index (κ3) is 3.81. The Bertz CT molecular complexity index is 2450. The van der Waals surface area contributed by atoms with Gasteiger partial charge >= 0.3 is 0 Å². The van der Waals surface area contributed by atoms with Crippen molar-refractivity contribution in [3.8, 4) is 11.1 Å². The van der Waals surface area contributed by atoms with E-state index in [1.54, 1.807) is 0 Å². The Balaban J connectivity index is 1.22. The maximum absolute atomic E-state index is 6.29. The van der Waals surface area contributed by atoms with E-state index >= 15 is 0 Å². The van der Waals surface area contributed by atoms with E-state index < -0.39 is 0 Å². The van der Waals surface area contributed by atoms with E-state index in [4.69, 9.17) is 8.83 Å². The Hall–Kier alpha value is -5.87. The smallest absolute Gasteiger partial charge is 0.153 e. The summed E-state index contributed by atoms with van der Waals surface area (Å²) < 4.78 is 12.6. The van der Waals surface area contributed by atoms with Crippen molar-refractivity contribution in [1.82, 2.24) is 4.98 Å². The molecule has 0 spiro atoms. The normalized spacial score (nSPS) is 11.7. The van der Waals surface area contributed by atoms with Crippen LogP contribution in [0, 0.1) is 0 Å². The summed E-state index contributed by atoms with van der Waals surface area (Å²) in [6.07, 6.45) is 1.81. The summed E-state index contributed by atoms with van der Waals surface area (Å²) in [6, 6.07) is 48.6. The van der Waals surface area contributed by atoms with Crippen LogP contribution in [0.3, 0.4) is 0 Å². The molecule has 43 heavy (non-hydrogen) atoms. The van der Waals surface area contributed by atoms with E-state index in [0.29, 0.717) is 0 Å². The molecule has 0 saturated carbocycles. The van der Waals surface area contributed by atoms with E-state index in [2.05, 4.69) is 119 Å². The zero-order valence-corrected chi connectivity index (χ0v) is 23.1. The number of hydrogen-bond donors (Lipinski definition) is 0. The average molecular weight is 553 g/mol. The van der Waals surface area contributed by atoms with Gasteiger partial charge in [0.15, 0.2) is 5.58 Å². The third-order valence-electron chi connectivity index (χ3n) is 8.30. The first kappa shape index (κ1) is 23.8. The average Bonchev–Trinajstić information content (AvgIpc) is 3.64. The van der Waals surface area contributed by atoms with Crippen molar-refractivity contribution >= 4 is 71.8 Å². The van der Waals surface area contributed by atoms with Crippen molar-refractivity contribution in [2.75, 3.05) is 4.90 Å². The van der Waals surface area contributed by atoms with Gasteiger partial charge in [0.2, 0.25) is 0 Å². The number of benzene rings is 6. The van der Waals surface area contributed by atoms with Crippen LogP contribution in [0.25, 0.3) is 65.9 Å². The number of anilines is 3. The largest absolute Gasteiger partial charge is 0.456 e. The van der Waals surface area contributed by atoms with Gasteiger partial charge in [-0.25, -0.2) is 0 Å². The molecule has 4 nitrogen and oxygen atoms in total. The van der Waals surface area contributed by atoms with Crippen LogP contribution in [0.15, 0.2) is 155 Å². The van der Waals surface area contributed by atoms with Crippen LogP contribution >= 0.6 is 0 Å². The molecule has 0 aliphatic rings. The number of nitrogens with zero attached hydrogens (tertiary/aromatic N) is 2. The molecule has 9 aromatic rings. The molecule has 0 aliphatic carbocycles. The van der Waals surface area contributed by atoms with Crippen LogP contribution in [0.2, 0.25) is 0 Å². The van der Waals surface area contributed by atoms with Gasteiger partial charge in [0.1, 0.15) is 22.3 Å². The maximum atomic E-state index is 6.29. The summed E-state index contributed by atoms with van der Waals surface area (Å²) in [5, 5.41) is 5.42. The molecule has 0 bridgehead atoms. The van der Waals surface area contributed by atoms with Crippen LogP contribution < -0.4 is 4.90 Å². The lowest BCUT2D eigenvalue weighted by atomic mass is 10.0. The van der Waals surface area contributed by atoms with Crippen molar-refractivity contribution in [3.63, 3.8) is 0 Å². The second kappa shape index (κ2) is 9.33. The van der Waals surface area contributed by atoms with E-state index in [-0.39, 0.29) is 0 Å². The van der Waals surface area contributed by atoms with Gasteiger partial charge in [0.05, 0.1) is 0 Å². The lowest BCUT2D eigenvalue weighted by Gasteiger charge is -2.26. The van der Waals surface area contributed by atoms with Crippen LogP contribution in [-0.4, -0.2) is 4.98 Å². The highest BCUT2D eigenvalue weighted by atomic mass is 16.3. The summed E-state index contributed by atoms with van der Waals surface area (Å²) in [4.78, 5) is 6.84. The quantitative estimate of drug-likeness (QED) is 0.218. The van der Waals surface area contributed by atoms with Gasteiger partial charge in [0, 0.05) is 50.9 Å². The highest BCUT2D eigenvalue weighted by Crippen LogP contribution is 2.41. The van der Waals surface area contributed by atoms with Gasteiger partial charge in [-0.1, -0.05) is 66.7 Å². The lowest BCUT2D eigenvalue weighted by molar-refractivity contribution is 0.669. The van der Waals surface area contributed by atoms with Crippen molar-refractivity contribution in [2.45, 2.75) is 0 Å². The molecule has 0 fully saturated rings. The molecule has 9 rings (SSSR count). The number of hydrogen-bond acceptors (Lipinski definition) is 4. The number of furan rings is 2. The molecule has 0 atom stereocenters. The zero-order valence-electron chi connectivity index (χ0n) is 23.1. The van der Waals surface area contributed by atoms with Crippen LogP contribution in [0.1, 0.15) is 0 Å². The Morgan fingerprint density at radius 1 is 0.442 bits per heavy atom. The molecule has 3 aromatic heterocycles. The molecular formula is C39H24N2O2. The van der Waals surface area contributed by atoms with E-state index in [1.807, 2.05) is 36.5 Å². The highest BCUT2D eigenvalue weighted by molar-refractivity contribution is 6.14. The topological polar surface area (TPSA) is 42.4 Å². The van der Waals surface area contributed by atoms with E-state index in [1.165, 1.54) is 11.1 Å². The molecule has 6 aromatic carbocycles. The first-order chi connectivity index (χ1) is 21.3. The Morgan fingerprint density at radius 2 is 1.12 bits per heavy atom. The van der Waals surface area contributed by atoms with Gasteiger partial charge in [-0.3, -0.25) is 4.98 Å². The maximum Gasteiger partial charge on any atom is 0.153 e. The molecule has 0 amide bonds.